The molecule has 0 aromatic heterocycles. The molecule has 206 valence electrons. The lowest BCUT2D eigenvalue weighted by Crippen LogP contribution is -2.55. The predicted octanol–water partition coefficient (Wildman–Crippen LogP) is 3.98. The van der Waals surface area contributed by atoms with Gasteiger partial charge in [-0.3, -0.25) is 9.89 Å². The number of hydrogen-bond donors (Lipinski definition) is 2. The Labute approximate surface area is 231 Å². The fraction of sp³-hybridized carbons (Fsp3) is 0.484. The zero-order valence-corrected chi connectivity index (χ0v) is 22.9. The smallest absolute Gasteiger partial charge is 0.124 e. The van der Waals surface area contributed by atoms with E-state index >= 15 is 0 Å². The number of nitrogens with zero attached hydrogens (tertiary/aromatic N) is 4. The molecule has 4 aliphatic rings. The van der Waals surface area contributed by atoms with E-state index in [-0.39, 0.29) is 18.2 Å². The number of rotatable bonds is 7. The van der Waals surface area contributed by atoms with E-state index in [1.54, 1.807) is 6.92 Å². The molecule has 3 atom stereocenters. The van der Waals surface area contributed by atoms with Crippen molar-refractivity contribution in [1.29, 1.82) is 5.26 Å². The highest BCUT2D eigenvalue weighted by atomic mass is 16.5. The molecule has 0 spiro atoms. The number of morpholine rings is 1. The minimum Gasteiger partial charge on any atom is -0.491 e. The Morgan fingerprint density at radius 1 is 1.15 bits per heavy atom. The van der Waals surface area contributed by atoms with Crippen LogP contribution in [-0.4, -0.2) is 74.1 Å². The molecular formula is C31H39N5O3. The first-order valence-corrected chi connectivity index (χ1v) is 14.1. The SMILES string of the molecule is CCC1N=C/C=C(/C2=CC=C(OC3CN([C@@H](C)O)C3)[C@H](C#N)C2)C/C=C(/c2ccc(N3CCOCC3)cc2)N1. The van der Waals surface area contributed by atoms with Crippen LogP contribution < -0.4 is 10.2 Å². The zero-order valence-electron chi connectivity index (χ0n) is 22.9. The molecule has 1 unspecified atom stereocenters. The minimum atomic E-state index is -0.470. The summed E-state index contributed by atoms with van der Waals surface area (Å²) < 4.78 is 11.6. The van der Waals surface area contributed by atoms with Crippen molar-refractivity contribution in [2.24, 2.45) is 10.9 Å². The summed E-state index contributed by atoms with van der Waals surface area (Å²) in [5.41, 5.74) is 5.71. The number of aliphatic hydroxyl groups is 1. The molecule has 3 heterocycles. The summed E-state index contributed by atoms with van der Waals surface area (Å²) in [5, 5.41) is 23.2. The molecular weight excluding hydrogens is 490 g/mol. The predicted molar refractivity (Wildman–Crippen MR) is 154 cm³/mol. The lowest BCUT2D eigenvalue weighted by molar-refractivity contribution is -0.103. The van der Waals surface area contributed by atoms with E-state index in [2.05, 4.69) is 65.7 Å². The van der Waals surface area contributed by atoms with Gasteiger partial charge < -0.3 is 24.8 Å². The number of ether oxygens (including phenoxy) is 2. The van der Waals surface area contributed by atoms with Gasteiger partial charge in [-0.15, -0.1) is 0 Å². The van der Waals surface area contributed by atoms with Crippen LogP contribution in [0.15, 0.2) is 70.5 Å². The molecule has 0 radical (unpaired) electrons. The van der Waals surface area contributed by atoms with Crippen LogP contribution in [0, 0.1) is 17.2 Å². The van der Waals surface area contributed by atoms with E-state index in [1.807, 2.05) is 17.2 Å². The molecule has 0 saturated carbocycles. The van der Waals surface area contributed by atoms with E-state index in [0.29, 0.717) is 19.5 Å². The summed E-state index contributed by atoms with van der Waals surface area (Å²) in [6.45, 7) is 8.63. The van der Waals surface area contributed by atoms with Crippen LogP contribution in [0.1, 0.15) is 38.7 Å². The molecule has 1 aliphatic carbocycles. The van der Waals surface area contributed by atoms with Crippen molar-refractivity contribution >= 4 is 17.6 Å². The summed E-state index contributed by atoms with van der Waals surface area (Å²) in [4.78, 5) is 9.07. The summed E-state index contributed by atoms with van der Waals surface area (Å²) in [6.07, 6.45) is 12.0. The summed E-state index contributed by atoms with van der Waals surface area (Å²) >= 11 is 0. The Bertz CT molecular complexity index is 1200. The Morgan fingerprint density at radius 3 is 2.62 bits per heavy atom. The monoisotopic (exact) mass is 529 g/mol. The van der Waals surface area contributed by atoms with Gasteiger partial charge in [0, 0.05) is 43.8 Å². The van der Waals surface area contributed by atoms with E-state index in [1.165, 1.54) is 5.69 Å². The molecule has 2 N–H and O–H groups in total. The van der Waals surface area contributed by atoms with E-state index < -0.39 is 6.23 Å². The molecule has 1 aromatic carbocycles. The van der Waals surface area contributed by atoms with E-state index in [4.69, 9.17) is 14.5 Å². The highest BCUT2D eigenvalue weighted by Gasteiger charge is 2.33. The first kappa shape index (κ1) is 27.2. The number of allylic oxidation sites excluding steroid dienone is 7. The zero-order chi connectivity index (χ0) is 27.2. The molecule has 0 amide bonds. The largest absolute Gasteiger partial charge is 0.491 e. The normalized spacial score (nSPS) is 28.0. The molecule has 3 aliphatic heterocycles. The molecule has 0 bridgehead atoms. The Morgan fingerprint density at radius 2 is 1.92 bits per heavy atom. The van der Waals surface area contributed by atoms with Crippen molar-refractivity contribution in [1.82, 2.24) is 10.2 Å². The van der Waals surface area contributed by atoms with Gasteiger partial charge >= 0.3 is 0 Å². The third kappa shape index (κ3) is 6.62. The maximum Gasteiger partial charge on any atom is 0.124 e. The van der Waals surface area contributed by atoms with Crippen molar-refractivity contribution < 1.29 is 14.6 Å². The average Bonchev–Trinajstić information content (AvgIpc) is 3.05. The van der Waals surface area contributed by atoms with Crippen molar-refractivity contribution in [3.63, 3.8) is 0 Å². The number of benzene rings is 1. The molecule has 1 aromatic rings. The number of aliphatic hydroxyl groups excluding tert-OH is 1. The van der Waals surface area contributed by atoms with Crippen LogP contribution in [0.3, 0.4) is 0 Å². The molecule has 5 rings (SSSR count). The van der Waals surface area contributed by atoms with Gasteiger partial charge in [-0.1, -0.05) is 31.2 Å². The lowest BCUT2D eigenvalue weighted by atomic mass is 9.87. The van der Waals surface area contributed by atoms with Gasteiger partial charge in [-0.25, -0.2) is 0 Å². The van der Waals surface area contributed by atoms with Gasteiger partial charge in [-0.2, -0.15) is 5.26 Å². The van der Waals surface area contributed by atoms with Gasteiger partial charge in [0.25, 0.3) is 0 Å². The third-order valence-corrected chi connectivity index (χ3v) is 7.82. The molecule has 8 heteroatoms. The Balaban J connectivity index is 1.32. The summed E-state index contributed by atoms with van der Waals surface area (Å²) in [6, 6.07) is 11.2. The third-order valence-electron chi connectivity index (χ3n) is 7.82. The Kier molecular flexibility index (Phi) is 8.82. The maximum atomic E-state index is 9.91. The second-order valence-corrected chi connectivity index (χ2v) is 10.5. The maximum absolute atomic E-state index is 9.91. The van der Waals surface area contributed by atoms with Gasteiger partial charge in [0.1, 0.15) is 30.2 Å². The summed E-state index contributed by atoms with van der Waals surface area (Å²) in [7, 11) is 0. The van der Waals surface area contributed by atoms with Crippen LogP contribution in [0.2, 0.25) is 0 Å². The highest BCUT2D eigenvalue weighted by Crippen LogP contribution is 2.33. The average molecular weight is 530 g/mol. The summed E-state index contributed by atoms with van der Waals surface area (Å²) in [5.74, 6) is 0.395. The van der Waals surface area contributed by atoms with Crippen LogP contribution >= 0.6 is 0 Å². The number of aliphatic imine (C=N–C) groups is 1. The number of nitriles is 1. The Hall–Kier alpha value is -3.38. The first-order chi connectivity index (χ1) is 19.0. The minimum absolute atomic E-state index is 0.0125. The van der Waals surface area contributed by atoms with Crippen molar-refractivity contribution in [2.75, 3.05) is 44.3 Å². The number of nitrogens with one attached hydrogen (secondary N) is 1. The lowest BCUT2D eigenvalue weighted by Gasteiger charge is -2.41. The quantitative estimate of drug-likeness (QED) is 0.552. The van der Waals surface area contributed by atoms with E-state index in [9.17, 15) is 10.4 Å². The van der Waals surface area contributed by atoms with Crippen LogP contribution in [0.25, 0.3) is 5.70 Å². The van der Waals surface area contributed by atoms with Crippen LogP contribution in [0.4, 0.5) is 5.69 Å². The second kappa shape index (κ2) is 12.6. The van der Waals surface area contributed by atoms with Crippen LogP contribution in [0.5, 0.6) is 0 Å². The van der Waals surface area contributed by atoms with Crippen LogP contribution in [-0.2, 0) is 9.47 Å². The van der Waals surface area contributed by atoms with Gasteiger partial charge in [-0.05, 0) is 67.2 Å². The van der Waals surface area contributed by atoms with Gasteiger partial charge in [0.15, 0.2) is 0 Å². The van der Waals surface area contributed by atoms with Gasteiger partial charge in [0.2, 0.25) is 0 Å². The molecule has 2 fully saturated rings. The number of hydrogen-bond acceptors (Lipinski definition) is 8. The number of anilines is 1. The molecule has 2 saturated heterocycles. The molecule has 8 nitrogen and oxygen atoms in total. The standard InChI is InChI=1S/C31H39N5O3/c1-3-31-33-13-12-23(25-7-11-30(26(18-25)19-32)39-28-20-36(21-28)22(2)37)6-10-29(34-31)24-4-8-27(9-5-24)35-14-16-38-17-15-35/h4-5,7-13,22,26,28,31,34,37H,3,6,14-18,20-21H2,1-2H3/b23-12+,29-10-,33-13?/t22-,26+,31?/m1/s1. The van der Waals surface area contributed by atoms with Crippen molar-refractivity contribution in [3.8, 4) is 6.07 Å². The molecule has 39 heavy (non-hydrogen) atoms. The fourth-order valence-electron chi connectivity index (χ4n) is 5.31. The first-order valence-electron chi connectivity index (χ1n) is 14.1. The van der Waals surface area contributed by atoms with Gasteiger partial charge in [0.05, 0.1) is 19.3 Å². The second-order valence-electron chi connectivity index (χ2n) is 10.5. The topological polar surface area (TPSA) is 93.3 Å². The van der Waals surface area contributed by atoms with Crippen molar-refractivity contribution in [3.05, 3.63) is 71.0 Å². The fourth-order valence-corrected chi connectivity index (χ4v) is 5.31. The van der Waals surface area contributed by atoms with E-state index in [0.717, 1.165) is 67.3 Å². The number of likely N-dealkylation sites (tertiary alicyclic amines) is 1. The van der Waals surface area contributed by atoms with Crippen molar-refractivity contribution in [2.45, 2.75) is 51.6 Å². The highest BCUT2D eigenvalue weighted by molar-refractivity contribution is 5.76.